The van der Waals surface area contributed by atoms with Crippen molar-refractivity contribution < 1.29 is 90.2 Å². The first kappa shape index (κ1) is 85.8. The molecule has 26 heteroatoms. The van der Waals surface area contributed by atoms with Crippen LogP contribution in [0.15, 0.2) is 168 Å². The molecule has 0 radical (unpaired) electrons. The fourth-order valence-corrected chi connectivity index (χ4v) is 14.3. The summed E-state index contributed by atoms with van der Waals surface area (Å²) >= 11 is 0. The number of halogens is 14. The highest BCUT2D eigenvalue weighted by Crippen LogP contribution is 2.53. The van der Waals surface area contributed by atoms with Crippen LogP contribution < -0.4 is 29.4 Å². The molecular formula is C83H96F14N6O6. The number of carbonyl (C=O) groups excluding carboxylic acids is 6. The van der Waals surface area contributed by atoms with Crippen molar-refractivity contribution in [1.82, 2.24) is 0 Å². The second kappa shape index (κ2) is 30.8. The zero-order chi connectivity index (χ0) is 81.8. The number of allylic oxidation sites excluding steroid dienone is 6. The molecule has 10 rings (SSSR count). The molecule has 592 valence electrons. The minimum absolute atomic E-state index is 0.00393. The summed E-state index contributed by atoms with van der Waals surface area (Å²) in [5.74, 6) is -30.7. The van der Waals surface area contributed by atoms with Gasteiger partial charge >= 0.3 is 36.0 Å². The van der Waals surface area contributed by atoms with Crippen LogP contribution in [-0.2, 0) is 35.2 Å². The zero-order valence-electron chi connectivity index (χ0n) is 64.3. The molecular weight excluding hydrogens is 1440 g/mol. The van der Waals surface area contributed by atoms with E-state index in [9.17, 15) is 90.2 Å². The smallest absolute Gasteiger partial charge is 0.348 e. The van der Waals surface area contributed by atoms with E-state index in [1.54, 1.807) is 27.7 Å². The Labute approximate surface area is 628 Å². The van der Waals surface area contributed by atoms with E-state index in [1.165, 1.54) is 63.1 Å². The number of rotatable bonds is 18. The van der Waals surface area contributed by atoms with Crippen LogP contribution in [0.3, 0.4) is 0 Å². The summed E-state index contributed by atoms with van der Waals surface area (Å²) in [6.45, 7) is 31.9. The van der Waals surface area contributed by atoms with Gasteiger partial charge in [-0.05, 0) is 183 Å². The Morgan fingerprint density at radius 1 is 0.294 bits per heavy atom. The third-order valence-corrected chi connectivity index (χ3v) is 22.0. The Bertz CT molecular complexity index is 4060. The van der Waals surface area contributed by atoms with Crippen LogP contribution in [0.2, 0.25) is 0 Å². The van der Waals surface area contributed by atoms with Gasteiger partial charge in [0.1, 0.15) is 0 Å². The van der Waals surface area contributed by atoms with E-state index in [0.29, 0.717) is 12.4 Å². The van der Waals surface area contributed by atoms with E-state index in [2.05, 4.69) is 148 Å². The Morgan fingerprint density at radius 2 is 0.486 bits per heavy atom. The van der Waals surface area contributed by atoms with Gasteiger partial charge in [-0.3, -0.25) is 28.8 Å². The molecule has 6 aliphatic rings. The Hall–Kier alpha value is -8.84. The van der Waals surface area contributed by atoms with Crippen molar-refractivity contribution in [3.63, 3.8) is 0 Å². The highest BCUT2D eigenvalue weighted by atomic mass is 19.4. The van der Waals surface area contributed by atoms with Crippen LogP contribution in [0, 0.1) is 32.5 Å². The summed E-state index contributed by atoms with van der Waals surface area (Å²) in [6, 6.07) is 30.8. The number of ketones is 6. The van der Waals surface area contributed by atoms with E-state index in [1.807, 2.05) is 24.8 Å². The first-order valence-electron chi connectivity index (χ1n) is 36.0. The number of carbonyl (C=O) groups is 6. The number of anilines is 6. The highest BCUT2D eigenvalue weighted by molar-refractivity contribution is 6.04. The topological polar surface area (TPSA) is 122 Å². The van der Waals surface area contributed by atoms with Gasteiger partial charge in [0.2, 0.25) is 11.6 Å². The second-order valence-electron chi connectivity index (χ2n) is 32.9. The van der Waals surface area contributed by atoms with Crippen molar-refractivity contribution in [2.75, 3.05) is 68.7 Å². The standard InChI is InChI=1S/C31H38N2O2.C28H26F14N2O2.C24H32N2O2/c1-22(34)28-20-32(17-15-30(28,3)4)26-11-7-24(8-12-26)19-25-9-13-27(14-10-25)33-18-16-31(5,6)29(21-33)23(2)35;1-21(2)8-10-43(13-17(21)19(45)23(29,30)25(33,34)27(37,38)39)15-6-5-7-16(12-15)44-11-9-22(3,4)18(14-44)20(46)24(31,32)26(35,36)28(40,41)42;1-17(27)21-15-25(13-11-23(21,3)4)19-7-9-20(10-8-19)26-14-12-24(5,6)22(16-26)18(2)28/h7-14,20-21H,15-19H2,1-6H3;5-7,12-14H,8-11H2,1-4H3;7-10,15-16H,11-14H2,1-6H3. The predicted octanol–water partition coefficient (Wildman–Crippen LogP) is 20.5. The lowest BCUT2D eigenvalue weighted by atomic mass is 9.75. The SMILES string of the molecule is CC(=O)C1=CN(c2ccc(Cc3ccc(N4C=C(C(C)=O)C(C)(C)CC4)cc3)cc2)CCC1(C)C.CC(=O)C1=CN(c2ccc(N3C=C(C(C)=O)C(C)(C)CC3)cc2)CCC1(C)C.CC1(C)CCN(c2cccc(N3C=C(C(=O)C(F)(F)C(F)(F)C(F)(F)F)C(C)(C)CC3)c2)C=C1C(=O)C(F)(F)C(F)(F)C(F)(F)F. The minimum Gasteiger partial charge on any atom is -0.348 e. The fourth-order valence-electron chi connectivity index (χ4n) is 14.3. The average Bonchev–Trinajstić information content (AvgIpc) is 0.746. The molecule has 4 aromatic carbocycles. The lowest BCUT2D eigenvalue weighted by molar-refractivity contribution is -0.343. The van der Waals surface area contributed by atoms with Crippen LogP contribution >= 0.6 is 0 Å². The van der Waals surface area contributed by atoms with E-state index in [4.69, 9.17) is 0 Å². The van der Waals surface area contributed by atoms with Crippen LogP contribution in [0.4, 0.5) is 95.6 Å². The van der Waals surface area contributed by atoms with Crippen LogP contribution in [0.5, 0.6) is 0 Å². The maximum atomic E-state index is 14.4. The molecule has 109 heavy (non-hydrogen) atoms. The van der Waals surface area contributed by atoms with Crippen molar-refractivity contribution in [1.29, 1.82) is 0 Å². The van der Waals surface area contributed by atoms with Crippen molar-refractivity contribution in [2.24, 2.45) is 32.5 Å². The van der Waals surface area contributed by atoms with Crippen molar-refractivity contribution in [2.45, 2.75) is 192 Å². The number of hydrogen-bond donors (Lipinski definition) is 0. The molecule has 6 aliphatic heterocycles. The van der Waals surface area contributed by atoms with E-state index in [-0.39, 0.29) is 82.1 Å². The van der Waals surface area contributed by atoms with Gasteiger partial charge in [-0.15, -0.1) is 0 Å². The van der Waals surface area contributed by atoms with Gasteiger partial charge in [-0.25, -0.2) is 0 Å². The quantitative estimate of drug-likeness (QED) is 0.0882. The molecule has 0 saturated heterocycles. The van der Waals surface area contributed by atoms with Gasteiger partial charge < -0.3 is 29.4 Å². The van der Waals surface area contributed by atoms with Crippen molar-refractivity contribution in [3.05, 3.63) is 179 Å². The monoisotopic (exact) mass is 1540 g/mol. The molecule has 0 spiro atoms. The maximum Gasteiger partial charge on any atom is 0.460 e. The fraction of sp³-hybridized carbons (Fsp3) is 0.494. The van der Waals surface area contributed by atoms with E-state index < -0.39 is 69.6 Å². The van der Waals surface area contributed by atoms with Gasteiger partial charge in [0.25, 0.3) is 0 Å². The molecule has 0 N–H and O–H groups in total. The molecule has 0 aromatic heterocycles. The van der Waals surface area contributed by atoms with Gasteiger partial charge in [-0.2, -0.15) is 61.5 Å². The van der Waals surface area contributed by atoms with Gasteiger partial charge in [0.15, 0.2) is 23.1 Å². The summed E-state index contributed by atoms with van der Waals surface area (Å²) in [7, 11) is 0. The molecule has 4 aromatic rings. The van der Waals surface area contributed by atoms with E-state index in [0.717, 1.165) is 113 Å². The Morgan fingerprint density at radius 3 is 0.697 bits per heavy atom. The average molecular weight is 1540 g/mol. The van der Waals surface area contributed by atoms with Crippen molar-refractivity contribution >= 4 is 68.8 Å². The van der Waals surface area contributed by atoms with Crippen LogP contribution in [0.1, 0.15) is 160 Å². The molecule has 0 fully saturated rings. The molecule has 0 atom stereocenters. The summed E-state index contributed by atoms with van der Waals surface area (Å²) in [4.78, 5) is 84.3. The molecule has 0 saturated carbocycles. The third-order valence-electron chi connectivity index (χ3n) is 22.0. The summed E-state index contributed by atoms with van der Waals surface area (Å²) in [6.07, 6.45) is 0.172. The predicted molar refractivity (Wildman–Crippen MR) is 396 cm³/mol. The number of Topliss-reactive ketones (excluding diaryl/α,β-unsaturated/α-hetero) is 6. The lowest BCUT2D eigenvalue weighted by Gasteiger charge is -2.40. The Kier molecular flexibility index (Phi) is 24.2. The lowest BCUT2D eigenvalue weighted by Crippen LogP contribution is -2.57. The molecule has 0 aliphatic carbocycles. The minimum atomic E-state index is -6.76. The second-order valence-corrected chi connectivity index (χ2v) is 32.9. The summed E-state index contributed by atoms with van der Waals surface area (Å²) in [5, 5.41) is 0. The first-order chi connectivity index (χ1) is 49.9. The molecule has 0 bridgehead atoms. The highest BCUT2D eigenvalue weighted by Gasteiger charge is 2.78. The van der Waals surface area contributed by atoms with Crippen LogP contribution in [0.25, 0.3) is 0 Å². The number of benzene rings is 4. The van der Waals surface area contributed by atoms with E-state index >= 15 is 0 Å². The Balaban J connectivity index is 0.000000212. The largest absolute Gasteiger partial charge is 0.460 e. The molecule has 6 heterocycles. The molecule has 0 amide bonds. The molecule has 0 unspecified atom stereocenters. The van der Waals surface area contributed by atoms with Gasteiger partial charge in [-0.1, -0.05) is 113 Å². The number of hydrogen-bond acceptors (Lipinski definition) is 12. The zero-order valence-corrected chi connectivity index (χ0v) is 64.3. The first-order valence-corrected chi connectivity index (χ1v) is 36.0. The number of alkyl halides is 14. The van der Waals surface area contributed by atoms with Gasteiger partial charge in [0.05, 0.1) is 0 Å². The van der Waals surface area contributed by atoms with Crippen LogP contribution in [-0.4, -0.2) is 110 Å². The summed E-state index contributed by atoms with van der Waals surface area (Å²) < 4.78 is 189. The summed E-state index contributed by atoms with van der Waals surface area (Å²) in [5.41, 5.74) is 4.89. The third kappa shape index (κ3) is 18.1. The van der Waals surface area contributed by atoms with Gasteiger partial charge in [0, 0.05) is 144 Å². The molecule has 12 nitrogen and oxygen atoms in total. The maximum absolute atomic E-state index is 14.4. The van der Waals surface area contributed by atoms with Crippen molar-refractivity contribution in [3.8, 4) is 0 Å². The number of nitrogens with zero attached hydrogens (tertiary/aromatic N) is 6. The normalized spacial score (nSPS) is 19.9.